The standard InChI is InChI=1S/C11H21NO3/c12-7-11(13,9-1-2-9)8-15-10-3-5-14-6-4-10/h9-10,13H,1-8,12H2. The zero-order valence-electron chi connectivity index (χ0n) is 9.15. The van der Waals surface area contributed by atoms with Gasteiger partial charge in [-0.25, -0.2) is 0 Å². The molecular formula is C11H21NO3. The van der Waals surface area contributed by atoms with E-state index >= 15 is 0 Å². The van der Waals surface area contributed by atoms with Gasteiger partial charge in [0.05, 0.1) is 12.7 Å². The highest BCUT2D eigenvalue weighted by atomic mass is 16.5. The molecule has 1 aliphatic carbocycles. The average Bonchev–Trinajstić information content (AvgIpc) is 3.11. The molecule has 1 heterocycles. The Kier molecular flexibility index (Phi) is 3.61. The number of aliphatic hydroxyl groups is 1. The van der Waals surface area contributed by atoms with Gasteiger partial charge in [-0.3, -0.25) is 0 Å². The van der Waals surface area contributed by atoms with E-state index in [0.29, 0.717) is 19.1 Å². The number of ether oxygens (including phenoxy) is 2. The normalized spacial score (nSPS) is 27.6. The van der Waals surface area contributed by atoms with Gasteiger partial charge < -0.3 is 20.3 Å². The third-order valence-corrected chi connectivity index (χ3v) is 3.43. The molecule has 1 atom stereocenters. The molecule has 0 bridgehead atoms. The van der Waals surface area contributed by atoms with Gasteiger partial charge in [-0.1, -0.05) is 0 Å². The van der Waals surface area contributed by atoms with Gasteiger partial charge >= 0.3 is 0 Å². The van der Waals surface area contributed by atoms with E-state index in [2.05, 4.69) is 0 Å². The summed E-state index contributed by atoms with van der Waals surface area (Å²) in [4.78, 5) is 0. The van der Waals surface area contributed by atoms with Crippen LogP contribution in [0.25, 0.3) is 0 Å². The van der Waals surface area contributed by atoms with E-state index in [1.807, 2.05) is 0 Å². The highest BCUT2D eigenvalue weighted by Gasteiger charge is 2.43. The van der Waals surface area contributed by atoms with Crippen LogP contribution in [0.2, 0.25) is 0 Å². The molecule has 1 saturated carbocycles. The topological polar surface area (TPSA) is 64.7 Å². The fourth-order valence-electron chi connectivity index (χ4n) is 2.07. The summed E-state index contributed by atoms with van der Waals surface area (Å²) in [5, 5.41) is 10.2. The first-order valence-corrected chi connectivity index (χ1v) is 5.86. The van der Waals surface area contributed by atoms with Gasteiger partial charge in [0.2, 0.25) is 0 Å². The maximum atomic E-state index is 10.2. The van der Waals surface area contributed by atoms with Gasteiger partial charge in [0, 0.05) is 19.8 Å². The zero-order valence-corrected chi connectivity index (χ0v) is 9.15. The molecule has 0 aromatic carbocycles. The summed E-state index contributed by atoms with van der Waals surface area (Å²) in [6.07, 6.45) is 4.29. The maximum Gasteiger partial charge on any atom is 0.103 e. The summed E-state index contributed by atoms with van der Waals surface area (Å²) in [6, 6.07) is 0. The van der Waals surface area contributed by atoms with Crippen molar-refractivity contribution in [2.24, 2.45) is 11.7 Å². The molecule has 3 N–H and O–H groups in total. The summed E-state index contributed by atoms with van der Waals surface area (Å²) in [7, 11) is 0. The van der Waals surface area contributed by atoms with Crippen LogP contribution in [0.4, 0.5) is 0 Å². The van der Waals surface area contributed by atoms with Gasteiger partial charge in [-0.15, -0.1) is 0 Å². The number of nitrogens with two attached hydrogens (primary N) is 1. The van der Waals surface area contributed by atoms with Crippen molar-refractivity contribution in [3.63, 3.8) is 0 Å². The Labute approximate surface area is 90.7 Å². The van der Waals surface area contributed by atoms with E-state index in [4.69, 9.17) is 15.2 Å². The fourth-order valence-corrected chi connectivity index (χ4v) is 2.07. The monoisotopic (exact) mass is 215 g/mol. The first-order chi connectivity index (χ1) is 7.24. The number of hydrogen-bond donors (Lipinski definition) is 2. The molecule has 0 aromatic heterocycles. The van der Waals surface area contributed by atoms with Crippen LogP contribution in [0.1, 0.15) is 25.7 Å². The first-order valence-electron chi connectivity index (χ1n) is 5.86. The van der Waals surface area contributed by atoms with Crippen molar-refractivity contribution in [2.45, 2.75) is 37.4 Å². The lowest BCUT2D eigenvalue weighted by Gasteiger charge is -2.30. The van der Waals surface area contributed by atoms with Crippen LogP contribution < -0.4 is 5.73 Å². The van der Waals surface area contributed by atoms with Crippen LogP contribution in [-0.4, -0.2) is 43.2 Å². The third-order valence-electron chi connectivity index (χ3n) is 3.43. The van der Waals surface area contributed by atoms with E-state index in [9.17, 15) is 5.11 Å². The second kappa shape index (κ2) is 4.78. The largest absolute Gasteiger partial charge is 0.386 e. The minimum atomic E-state index is -0.779. The SMILES string of the molecule is NCC(O)(COC1CCOCC1)C1CC1. The van der Waals surface area contributed by atoms with E-state index in [0.717, 1.165) is 38.9 Å². The van der Waals surface area contributed by atoms with Crippen LogP contribution >= 0.6 is 0 Å². The second-order valence-electron chi connectivity index (χ2n) is 4.70. The fraction of sp³-hybridized carbons (Fsp3) is 1.00. The van der Waals surface area contributed by atoms with Crippen molar-refractivity contribution in [1.82, 2.24) is 0 Å². The third kappa shape index (κ3) is 2.91. The molecule has 1 saturated heterocycles. The zero-order chi connectivity index (χ0) is 10.7. The summed E-state index contributed by atoms with van der Waals surface area (Å²) in [5.74, 6) is 0.363. The lowest BCUT2D eigenvalue weighted by atomic mass is 9.99. The van der Waals surface area contributed by atoms with Gasteiger partial charge in [-0.05, 0) is 31.6 Å². The second-order valence-corrected chi connectivity index (χ2v) is 4.70. The lowest BCUT2D eigenvalue weighted by Crippen LogP contribution is -2.46. The van der Waals surface area contributed by atoms with Crippen LogP contribution in [0, 0.1) is 5.92 Å². The highest BCUT2D eigenvalue weighted by Crippen LogP contribution is 2.39. The Hall–Kier alpha value is -0.160. The van der Waals surface area contributed by atoms with Crippen LogP contribution in [0.15, 0.2) is 0 Å². The maximum absolute atomic E-state index is 10.2. The summed E-state index contributed by atoms with van der Waals surface area (Å²) < 4.78 is 11.0. The molecule has 0 amide bonds. The van der Waals surface area contributed by atoms with E-state index in [1.165, 1.54) is 0 Å². The molecule has 1 unspecified atom stereocenters. The summed E-state index contributed by atoms with van der Waals surface area (Å²) >= 11 is 0. The average molecular weight is 215 g/mol. The van der Waals surface area contributed by atoms with Crippen molar-refractivity contribution >= 4 is 0 Å². The smallest absolute Gasteiger partial charge is 0.103 e. The van der Waals surface area contributed by atoms with Crippen molar-refractivity contribution in [3.05, 3.63) is 0 Å². The Morgan fingerprint density at radius 3 is 2.47 bits per heavy atom. The Morgan fingerprint density at radius 1 is 1.27 bits per heavy atom. The molecule has 2 aliphatic rings. The molecule has 4 nitrogen and oxygen atoms in total. The molecule has 15 heavy (non-hydrogen) atoms. The van der Waals surface area contributed by atoms with Crippen molar-refractivity contribution in [1.29, 1.82) is 0 Å². The summed E-state index contributed by atoms with van der Waals surface area (Å²) in [5.41, 5.74) is 4.83. The van der Waals surface area contributed by atoms with Crippen molar-refractivity contribution < 1.29 is 14.6 Å². The van der Waals surface area contributed by atoms with Crippen molar-refractivity contribution in [3.8, 4) is 0 Å². The molecule has 0 spiro atoms. The molecule has 88 valence electrons. The van der Waals surface area contributed by atoms with E-state index < -0.39 is 5.60 Å². The Morgan fingerprint density at radius 2 is 1.93 bits per heavy atom. The molecular weight excluding hydrogens is 194 g/mol. The highest BCUT2D eigenvalue weighted by molar-refractivity contribution is 4.95. The van der Waals surface area contributed by atoms with E-state index in [-0.39, 0.29) is 6.10 Å². The molecule has 4 heteroatoms. The Bertz CT molecular complexity index is 202. The molecule has 1 aliphatic heterocycles. The quantitative estimate of drug-likeness (QED) is 0.691. The first kappa shape index (κ1) is 11.3. The number of hydrogen-bond acceptors (Lipinski definition) is 4. The predicted octanol–water partition coefficient (Wildman–Crippen LogP) is 0.282. The van der Waals surface area contributed by atoms with Gasteiger partial charge in [0.15, 0.2) is 0 Å². The molecule has 0 radical (unpaired) electrons. The van der Waals surface area contributed by atoms with Crippen LogP contribution in [0.3, 0.4) is 0 Å². The lowest BCUT2D eigenvalue weighted by molar-refractivity contribution is -0.103. The van der Waals surface area contributed by atoms with Crippen LogP contribution in [-0.2, 0) is 9.47 Å². The minimum absolute atomic E-state index is 0.246. The van der Waals surface area contributed by atoms with Crippen LogP contribution in [0.5, 0.6) is 0 Å². The van der Waals surface area contributed by atoms with Gasteiger partial charge in [-0.2, -0.15) is 0 Å². The van der Waals surface area contributed by atoms with Gasteiger partial charge in [0.1, 0.15) is 5.60 Å². The molecule has 2 fully saturated rings. The predicted molar refractivity (Wildman–Crippen MR) is 56.5 cm³/mol. The summed E-state index contributed by atoms with van der Waals surface area (Å²) in [6.45, 7) is 2.24. The molecule has 0 aromatic rings. The van der Waals surface area contributed by atoms with Gasteiger partial charge in [0.25, 0.3) is 0 Å². The molecule has 2 rings (SSSR count). The number of rotatable bonds is 5. The Balaban J connectivity index is 1.74. The minimum Gasteiger partial charge on any atom is -0.386 e. The van der Waals surface area contributed by atoms with E-state index in [1.54, 1.807) is 0 Å². The van der Waals surface area contributed by atoms with Crippen molar-refractivity contribution in [2.75, 3.05) is 26.4 Å².